The van der Waals surface area contributed by atoms with Crippen molar-refractivity contribution in [3.8, 4) is 0 Å². The van der Waals surface area contributed by atoms with Gasteiger partial charge in [0.1, 0.15) is 5.78 Å². The molecule has 0 atom stereocenters. The Bertz CT molecular complexity index is 731. The Balaban J connectivity index is 0.00000121. The summed E-state index contributed by atoms with van der Waals surface area (Å²) in [4.78, 5) is 33.6. The van der Waals surface area contributed by atoms with E-state index in [1.807, 2.05) is 0 Å². The zero-order valence-corrected chi connectivity index (χ0v) is 13.4. The first-order chi connectivity index (χ1) is 9.54. The van der Waals surface area contributed by atoms with E-state index < -0.39 is 5.56 Å². The van der Waals surface area contributed by atoms with Gasteiger partial charge in [0.05, 0.1) is 0 Å². The normalized spacial score (nSPS) is 15.4. The van der Waals surface area contributed by atoms with Crippen LogP contribution in [0.1, 0.15) is 25.7 Å². The van der Waals surface area contributed by atoms with Crippen molar-refractivity contribution in [3.05, 3.63) is 10.4 Å². The summed E-state index contributed by atoms with van der Waals surface area (Å²) in [6.07, 6.45) is 2.87. The summed E-state index contributed by atoms with van der Waals surface area (Å²) in [5.41, 5.74) is 11.6. The molecule has 0 unspecified atom stereocenters. The number of Topliss-reactive ketones (excluding diaryl/α,β-unsaturated/α-hetero) is 1. The number of ketones is 1. The first kappa shape index (κ1) is 18.2. The third-order valence-corrected chi connectivity index (χ3v) is 3.76. The first-order valence-electron chi connectivity index (χ1n) is 6.58. The summed E-state index contributed by atoms with van der Waals surface area (Å²) < 4.78 is 1.71. The fourth-order valence-corrected chi connectivity index (χ4v) is 2.66. The van der Waals surface area contributed by atoms with Crippen molar-refractivity contribution in [1.82, 2.24) is 19.5 Å². The van der Waals surface area contributed by atoms with Crippen LogP contribution in [-0.4, -0.2) is 25.3 Å². The van der Waals surface area contributed by atoms with E-state index >= 15 is 0 Å². The molecule has 0 spiro atoms. The predicted molar refractivity (Wildman–Crippen MR) is 88.4 cm³/mol. The van der Waals surface area contributed by atoms with Crippen molar-refractivity contribution in [2.75, 3.05) is 11.5 Å². The lowest BCUT2D eigenvalue weighted by Crippen LogP contribution is -2.20. The predicted octanol–water partition coefficient (Wildman–Crippen LogP) is 0.887. The van der Waals surface area contributed by atoms with Crippen molar-refractivity contribution in [2.45, 2.75) is 32.2 Å². The first-order valence-corrected chi connectivity index (χ1v) is 6.58. The number of nitrogen functional groups attached to an aromatic ring is 2. The van der Waals surface area contributed by atoms with Gasteiger partial charge < -0.3 is 11.5 Å². The van der Waals surface area contributed by atoms with Gasteiger partial charge in [-0.1, -0.05) is 0 Å². The minimum Gasteiger partial charge on any atom is -0.369 e. The van der Waals surface area contributed by atoms with Crippen molar-refractivity contribution in [1.29, 1.82) is 0 Å². The summed E-state index contributed by atoms with van der Waals surface area (Å²) in [5, 5.41) is 0. The lowest BCUT2D eigenvalue weighted by Gasteiger charge is -2.21. The van der Waals surface area contributed by atoms with E-state index in [-0.39, 0.29) is 42.2 Å². The van der Waals surface area contributed by atoms with Gasteiger partial charge in [0, 0.05) is 19.4 Å². The lowest BCUT2D eigenvalue weighted by molar-refractivity contribution is -0.121. The van der Waals surface area contributed by atoms with Crippen molar-refractivity contribution < 1.29 is 4.79 Å². The molecule has 1 saturated carbocycles. The molecule has 3 rings (SSSR count). The Kier molecular flexibility index (Phi) is 5.78. The highest BCUT2D eigenvalue weighted by atomic mass is 35.5. The van der Waals surface area contributed by atoms with Crippen molar-refractivity contribution in [2.24, 2.45) is 5.92 Å². The van der Waals surface area contributed by atoms with Crippen molar-refractivity contribution in [3.63, 3.8) is 0 Å². The molecular formula is C12H18Cl2N6O2. The number of halogens is 2. The molecule has 10 heteroatoms. The van der Waals surface area contributed by atoms with Crippen LogP contribution in [0.3, 0.4) is 0 Å². The maximum atomic E-state index is 11.7. The maximum absolute atomic E-state index is 11.7. The summed E-state index contributed by atoms with van der Waals surface area (Å²) in [6, 6.07) is 0. The zero-order chi connectivity index (χ0) is 14.3. The second-order valence-electron chi connectivity index (χ2n) is 5.19. The number of aromatic amines is 1. The molecule has 2 aromatic heterocycles. The molecule has 0 aromatic carbocycles. The average molecular weight is 349 g/mol. The number of H-pyrrole nitrogens is 1. The fraction of sp³-hybridized carbons (Fsp3) is 0.500. The van der Waals surface area contributed by atoms with Crippen LogP contribution >= 0.6 is 24.8 Å². The minimum atomic E-state index is -0.392. The Morgan fingerprint density at radius 2 is 1.77 bits per heavy atom. The van der Waals surface area contributed by atoms with Crippen LogP contribution in [0.25, 0.3) is 11.2 Å². The lowest BCUT2D eigenvalue weighted by atomic mass is 9.88. The summed E-state index contributed by atoms with van der Waals surface area (Å²) in [7, 11) is 0. The number of hydrogen-bond acceptors (Lipinski definition) is 6. The molecule has 0 amide bonds. The number of nitrogens with two attached hydrogens (primary N) is 2. The highest BCUT2D eigenvalue weighted by Gasteiger charge is 2.22. The topological polar surface area (TPSA) is 133 Å². The van der Waals surface area contributed by atoms with Crippen molar-refractivity contribution >= 4 is 53.7 Å². The fourth-order valence-electron chi connectivity index (χ4n) is 2.66. The van der Waals surface area contributed by atoms with Gasteiger partial charge >= 0.3 is 0 Å². The monoisotopic (exact) mass is 348 g/mol. The third-order valence-electron chi connectivity index (χ3n) is 3.76. The Hall–Kier alpha value is -1.80. The molecule has 122 valence electrons. The Labute approximate surface area is 138 Å². The molecule has 22 heavy (non-hydrogen) atoms. The van der Waals surface area contributed by atoms with E-state index in [4.69, 9.17) is 11.5 Å². The van der Waals surface area contributed by atoms with Gasteiger partial charge in [-0.2, -0.15) is 4.98 Å². The number of carbonyl (C=O) groups is 1. The van der Waals surface area contributed by atoms with E-state index in [2.05, 4.69) is 15.0 Å². The SMILES string of the molecule is Cl.Cl.Nc1nc2c(nc(N)n2CC2CCC(=O)CC2)c(=O)[nH]1. The standard InChI is InChI=1S/C12H16N6O2.2ClH/c13-11-16-9-8(10(20)17-11)15-12(14)18(9)5-6-1-3-7(19)4-2-6;;/h6H,1-5H2,(H2,14,15)(H3,13,16,17,20);2*1H. The summed E-state index contributed by atoms with van der Waals surface area (Å²) in [5.74, 6) is 0.946. The molecule has 2 aromatic rings. The Morgan fingerprint density at radius 3 is 2.41 bits per heavy atom. The molecule has 0 radical (unpaired) electrons. The van der Waals surface area contributed by atoms with Crippen LogP contribution in [-0.2, 0) is 11.3 Å². The number of nitrogens with zero attached hydrogens (tertiary/aromatic N) is 3. The molecular weight excluding hydrogens is 331 g/mol. The summed E-state index contributed by atoms with van der Waals surface area (Å²) >= 11 is 0. The number of rotatable bonds is 2. The van der Waals surface area contributed by atoms with Gasteiger partial charge in [0.15, 0.2) is 11.2 Å². The van der Waals surface area contributed by atoms with E-state index in [1.54, 1.807) is 4.57 Å². The molecule has 2 heterocycles. The molecule has 5 N–H and O–H groups in total. The number of fused-ring (bicyclic) bond motifs is 1. The third kappa shape index (κ3) is 3.33. The van der Waals surface area contributed by atoms with Gasteiger partial charge in [-0.05, 0) is 18.8 Å². The van der Waals surface area contributed by atoms with Gasteiger partial charge in [-0.15, -0.1) is 24.8 Å². The second kappa shape index (κ2) is 6.97. The van der Waals surface area contributed by atoms with Gasteiger partial charge in [0.2, 0.25) is 11.9 Å². The van der Waals surface area contributed by atoms with Gasteiger partial charge in [0.25, 0.3) is 5.56 Å². The number of anilines is 2. The van der Waals surface area contributed by atoms with E-state index in [1.165, 1.54) is 0 Å². The maximum Gasteiger partial charge on any atom is 0.280 e. The second-order valence-corrected chi connectivity index (χ2v) is 5.19. The molecule has 1 fully saturated rings. The number of carbonyl (C=O) groups excluding carboxylic acids is 1. The minimum absolute atomic E-state index is 0. The smallest absolute Gasteiger partial charge is 0.280 e. The summed E-state index contributed by atoms with van der Waals surface area (Å²) in [6.45, 7) is 0.603. The molecule has 0 saturated heterocycles. The number of imidazole rings is 1. The van der Waals surface area contributed by atoms with Crippen LogP contribution in [0.2, 0.25) is 0 Å². The average Bonchev–Trinajstić information content (AvgIpc) is 2.70. The number of nitrogens with one attached hydrogen (secondary N) is 1. The molecule has 0 aliphatic heterocycles. The van der Waals surface area contributed by atoms with Crippen LogP contribution in [0.4, 0.5) is 11.9 Å². The quantitative estimate of drug-likeness (QED) is 0.737. The highest BCUT2D eigenvalue weighted by molar-refractivity contribution is 5.85. The zero-order valence-electron chi connectivity index (χ0n) is 11.7. The van der Waals surface area contributed by atoms with E-state index in [0.717, 1.165) is 12.8 Å². The van der Waals surface area contributed by atoms with Gasteiger partial charge in [-0.3, -0.25) is 19.1 Å². The number of hydrogen-bond donors (Lipinski definition) is 3. The van der Waals surface area contributed by atoms with Crippen LogP contribution in [0.5, 0.6) is 0 Å². The molecule has 0 bridgehead atoms. The highest BCUT2D eigenvalue weighted by Crippen LogP contribution is 2.25. The molecule has 1 aliphatic rings. The van der Waals surface area contributed by atoms with Gasteiger partial charge in [-0.25, -0.2) is 4.98 Å². The van der Waals surface area contributed by atoms with E-state index in [0.29, 0.717) is 36.7 Å². The van der Waals surface area contributed by atoms with Crippen LogP contribution in [0.15, 0.2) is 4.79 Å². The van der Waals surface area contributed by atoms with Crippen LogP contribution < -0.4 is 17.0 Å². The number of aromatic nitrogens is 4. The molecule has 8 nitrogen and oxygen atoms in total. The Morgan fingerprint density at radius 1 is 1.14 bits per heavy atom. The largest absolute Gasteiger partial charge is 0.369 e. The molecule has 1 aliphatic carbocycles. The van der Waals surface area contributed by atoms with Crippen LogP contribution in [0, 0.1) is 5.92 Å². The van der Waals surface area contributed by atoms with E-state index in [9.17, 15) is 9.59 Å².